The minimum Gasteiger partial charge on any atom is -0.381 e. The molecule has 0 aliphatic heterocycles. The number of hydrogen-bond acceptors (Lipinski definition) is 3. The van der Waals surface area contributed by atoms with Crippen LogP contribution in [0.3, 0.4) is 0 Å². The number of nitrogens with zero attached hydrogens (tertiary/aromatic N) is 1. The highest BCUT2D eigenvalue weighted by Gasteiger charge is 2.30. The molecule has 0 saturated carbocycles. The molecule has 1 N–H and O–H groups in total. The zero-order valence-corrected chi connectivity index (χ0v) is 13.6. The van der Waals surface area contributed by atoms with Crippen molar-refractivity contribution < 1.29 is 4.74 Å². The molecule has 2 unspecified atom stereocenters. The average Bonchev–Trinajstić information content (AvgIpc) is 2.51. The molecule has 0 saturated heterocycles. The van der Waals surface area contributed by atoms with Crippen LogP contribution in [0.4, 0.5) is 0 Å². The molecular formula is C18H28N2O. The van der Waals surface area contributed by atoms with Crippen LogP contribution in [0, 0.1) is 17.2 Å². The van der Waals surface area contributed by atoms with Crippen molar-refractivity contribution in [1.29, 1.82) is 5.26 Å². The molecule has 3 heteroatoms. The van der Waals surface area contributed by atoms with Gasteiger partial charge in [0.05, 0.1) is 6.07 Å². The van der Waals surface area contributed by atoms with Gasteiger partial charge in [0, 0.05) is 19.6 Å². The fourth-order valence-corrected chi connectivity index (χ4v) is 2.61. The summed E-state index contributed by atoms with van der Waals surface area (Å²) in [5, 5.41) is 13.0. The van der Waals surface area contributed by atoms with Gasteiger partial charge < -0.3 is 4.74 Å². The second kappa shape index (κ2) is 9.55. The molecule has 1 aromatic rings. The van der Waals surface area contributed by atoms with E-state index < -0.39 is 5.54 Å². The van der Waals surface area contributed by atoms with E-state index in [4.69, 9.17) is 4.74 Å². The molecule has 0 aromatic heterocycles. The van der Waals surface area contributed by atoms with Crippen LogP contribution in [0.25, 0.3) is 0 Å². The van der Waals surface area contributed by atoms with E-state index in [-0.39, 0.29) is 0 Å². The van der Waals surface area contributed by atoms with Crippen molar-refractivity contribution in [2.75, 3.05) is 19.8 Å². The standard InChI is InChI=1S/C18H28N2O/c1-4-9-16(3)14-21-13-12-18(15-19,20-5-2)17-10-7-6-8-11-17/h6-8,10-11,16,20H,4-5,9,12-14H2,1-3H3. The highest BCUT2D eigenvalue weighted by molar-refractivity contribution is 5.31. The van der Waals surface area contributed by atoms with E-state index in [1.54, 1.807) is 0 Å². The molecule has 1 rings (SSSR count). The third-order valence-electron chi connectivity index (χ3n) is 3.74. The summed E-state index contributed by atoms with van der Waals surface area (Å²) in [7, 11) is 0. The molecule has 2 atom stereocenters. The fourth-order valence-electron chi connectivity index (χ4n) is 2.61. The normalized spacial score (nSPS) is 15.1. The van der Waals surface area contributed by atoms with Crippen LogP contribution in [0.15, 0.2) is 30.3 Å². The largest absolute Gasteiger partial charge is 0.381 e. The Balaban J connectivity index is 2.61. The van der Waals surface area contributed by atoms with Crippen LogP contribution in [0.2, 0.25) is 0 Å². The topological polar surface area (TPSA) is 45.0 Å². The quantitative estimate of drug-likeness (QED) is 0.665. The molecule has 0 amide bonds. The van der Waals surface area contributed by atoms with Crippen molar-refractivity contribution in [2.45, 2.75) is 45.6 Å². The lowest BCUT2D eigenvalue weighted by Crippen LogP contribution is -2.42. The van der Waals surface area contributed by atoms with Crippen LogP contribution >= 0.6 is 0 Å². The van der Waals surface area contributed by atoms with Gasteiger partial charge in [0.25, 0.3) is 0 Å². The Labute approximate surface area is 129 Å². The zero-order valence-electron chi connectivity index (χ0n) is 13.6. The van der Waals surface area contributed by atoms with E-state index in [9.17, 15) is 5.26 Å². The van der Waals surface area contributed by atoms with Crippen LogP contribution < -0.4 is 5.32 Å². The van der Waals surface area contributed by atoms with Crippen LogP contribution in [-0.2, 0) is 10.3 Å². The Morgan fingerprint density at radius 3 is 2.57 bits per heavy atom. The van der Waals surface area contributed by atoms with Crippen LogP contribution in [0.5, 0.6) is 0 Å². The van der Waals surface area contributed by atoms with Crippen molar-refractivity contribution in [2.24, 2.45) is 5.92 Å². The molecule has 0 aliphatic rings. The second-order valence-electron chi connectivity index (χ2n) is 5.63. The molecule has 3 nitrogen and oxygen atoms in total. The van der Waals surface area contributed by atoms with E-state index in [0.717, 1.165) is 18.7 Å². The minimum absolute atomic E-state index is 0.586. The molecule has 0 aliphatic carbocycles. The van der Waals surface area contributed by atoms with Crippen molar-refractivity contribution in [3.05, 3.63) is 35.9 Å². The number of benzene rings is 1. The van der Waals surface area contributed by atoms with E-state index in [2.05, 4.69) is 25.2 Å². The molecule has 0 radical (unpaired) electrons. The van der Waals surface area contributed by atoms with Crippen LogP contribution in [-0.4, -0.2) is 19.8 Å². The highest BCUT2D eigenvalue weighted by Crippen LogP contribution is 2.24. The Kier molecular flexibility index (Phi) is 8.04. The first-order chi connectivity index (χ1) is 10.2. The van der Waals surface area contributed by atoms with Crippen molar-refractivity contribution in [3.63, 3.8) is 0 Å². The maximum atomic E-state index is 9.69. The second-order valence-corrected chi connectivity index (χ2v) is 5.63. The third-order valence-corrected chi connectivity index (χ3v) is 3.74. The summed E-state index contributed by atoms with van der Waals surface area (Å²) in [6.45, 7) is 8.56. The minimum atomic E-state index is -0.649. The lowest BCUT2D eigenvalue weighted by atomic mass is 9.88. The third kappa shape index (κ3) is 5.49. The van der Waals surface area contributed by atoms with E-state index in [1.807, 2.05) is 37.3 Å². The first-order valence-corrected chi connectivity index (χ1v) is 7.98. The molecule has 1 aromatic carbocycles. The van der Waals surface area contributed by atoms with Gasteiger partial charge >= 0.3 is 0 Å². The van der Waals surface area contributed by atoms with Gasteiger partial charge in [-0.1, -0.05) is 57.5 Å². The van der Waals surface area contributed by atoms with Gasteiger partial charge in [-0.25, -0.2) is 0 Å². The summed E-state index contributed by atoms with van der Waals surface area (Å²) < 4.78 is 5.78. The van der Waals surface area contributed by atoms with Gasteiger partial charge in [0.1, 0.15) is 5.54 Å². The first kappa shape index (κ1) is 17.7. The average molecular weight is 288 g/mol. The van der Waals surface area contributed by atoms with Gasteiger partial charge in [-0.15, -0.1) is 0 Å². The first-order valence-electron chi connectivity index (χ1n) is 7.98. The van der Waals surface area contributed by atoms with Crippen molar-refractivity contribution in [1.82, 2.24) is 5.32 Å². The summed E-state index contributed by atoms with van der Waals surface area (Å²) in [4.78, 5) is 0. The summed E-state index contributed by atoms with van der Waals surface area (Å²) >= 11 is 0. The lowest BCUT2D eigenvalue weighted by molar-refractivity contribution is 0.0875. The maximum absolute atomic E-state index is 9.69. The number of nitrogens with one attached hydrogen (secondary N) is 1. The molecule has 0 heterocycles. The van der Waals surface area contributed by atoms with E-state index in [0.29, 0.717) is 18.9 Å². The maximum Gasteiger partial charge on any atom is 0.134 e. The molecule has 116 valence electrons. The van der Waals surface area contributed by atoms with Gasteiger partial charge in [0.2, 0.25) is 0 Å². The van der Waals surface area contributed by atoms with E-state index >= 15 is 0 Å². The summed E-state index contributed by atoms with van der Waals surface area (Å²) in [6, 6.07) is 12.4. The summed E-state index contributed by atoms with van der Waals surface area (Å²) in [5.41, 5.74) is 0.365. The summed E-state index contributed by atoms with van der Waals surface area (Å²) in [5.74, 6) is 0.586. The molecule has 0 bridgehead atoms. The van der Waals surface area contributed by atoms with Gasteiger partial charge in [-0.3, -0.25) is 5.32 Å². The zero-order chi connectivity index (χ0) is 15.6. The van der Waals surface area contributed by atoms with E-state index in [1.165, 1.54) is 12.8 Å². The highest BCUT2D eigenvalue weighted by atomic mass is 16.5. The Morgan fingerprint density at radius 2 is 2.00 bits per heavy atom. The van der Waals surface area contributed by atoms with Crippen LogP contribution in [0.1, 0.15) is 45.6 Å². The van der Waals surface area contributed by atoms with Crippen molar-refractivity contribution >= 4 is 0 Å². The number of hydrogen-bond donors (Lipinski definition) is 1. The monoisotopic (exact) mass is 288 g/mol. The van der Waals surface area contributed by atoms with Gasteiger partial charge in [0.15, 0.2) is 0 Å². The number of ether oxygens (including phenoxy) is 1. The number of rotatable bonds is 10. The predicted molar refractivity (Wildman–Crippen MR) is 86.9 cm³/mol. The van der Waals surface area contributed by atoms with Gasteiger partial charge in [-0.2, -0.15) is 5.26 Å². The molecular weight excluding hydrogens is 260 g/mol. The Bertz CT molecular complexity index is 427. The summed E-state index contributed by atoms with van der Waals surface area (Å²) in [6.07, 6.45) is 3.05. The predicted octanol–water partition coefficient (Wildman–Crippen LogP) is 3.86. The van der Waals surface area contributed by atoms with Gasteiger partial charge in [-0.05, 0) is 24.4 Å². The van der Waals surface area contributed by atoms with Crippen molar-refractivity contribution in [3.8, 4) is 6.07 Å². The number of nitriles is 1. The fraction of sp³-hybridized carbons (Fsp3) is 0.611. The lowest BCUT2D eigenvalue weighted by Gasteiger charge is -2.28. The Morgan fingerprint density at radius 1 is 1.29 bits per heavy atom. The molecule has 0 spiro atoms. The molecule has 0 fully saturated rings. The smallest absolute Gasteiger partial charge is 0.134 e. The SMILES string of the molecule is CCCC(C)COCCC(C#N)(NCC)c1ccccc1. The Hall–Kier alpha value is -1.37. The molecule has 21 heavy (non-hydrogen) atoms.